The van der Waals surface area contributed by atoms with Crippen molar-refractivity contribution in [2.24, 2.45) is 0 Å². The third-order valence-electron chi connectivity index (χ3n) is 3.09. The number of nitrogens with one attached hydrogen (secondary N) is 1. The third-order valence-corrected chi connectivity index (χ3v) is 3.09. The minimum absolute atomic E-state index is 0.207. The van der Waals surface area contributed by atoms with Crippen LogP contribution in [0.5, 0.6) is 0 Å². The highest BCUT2D eigenvalue weighted by Crippen LogP contribution is 2.26. The van der Waals surface area contributed by atoms with Gasteiger partial charge in [0.25, 0.3) is 5.91 Å². The van der Waals surface area contributed by atoms with Gasteiger partial charge >= 0.3 is 0 Å². The summed E-state index contributed by atoms with van der Waals surface area (Å²) in [5, 5.41) is 11.9. The molecule has 1 aromatic heterocycles. The molecule has 0 fully saturated rings. The SMILES string of the molecule is CCNC(=O)c1cc(N(C)c2ccccc2C#N)ccn1. The fraction of sp³-hybridized carbons (Fsp3) is 0.188. The van der Waals surface area contributed by atoms with Crippen LogP contribution in [0.3, 0.4) is 0 Å². The average Bonchev–Trinajstić information content (AvgIpc) is 2.54. The normalized spacial score (nSPS) is 9.76. The number of nitriles is 1. The van der Waals surface area contributed by atoms with Gasteiger partial charge < -0.3 is 10.2 Å². The molecule has 1 amide bonds. The number of carbonyl (C=O) groups is 1. The predicted octanol–water partition coefficient (Wildman–Crippen LogP) is 2.47. The summed E-state index contributed by atoms with van der Waals surface area (Å²) in [5.41, 5.74) is 2.52. The lowest BCUT2D eigenvalue weighted by molar-refractivity contribution is 0.0951. The van der Waals surface area contributed by atoms with Gasteiger partial charge in [0.2, 0.25) is 0 Å². The highest BCUT2D eigenvalue weighted by Gasteiger charge is 2.12. The van der Waals surface area contributed by atoms with Gasteiger partial charge in [-0.25, -0.2) is 0 Å². The van der Waals surface area contributed by atoms with Gasteiger partial charge in [-0.05, 0) is 31.2 Å². The van der Waals surface area contributed by atoms with E-state index < -0.39 is 0 Å². The Kier molecular flexibility index (Phi) is 4.52. The number of carbonyl (C=O) groups excluding carboxylic acids is 1. The molecule has 0 unspecified atom stereocenters. The van der Waals surface area contributed by atoms with Crippen LogP contribution in [0.15, 0.2) is 42.6 Å². The topological polar surface area (TPSA) is 69.0 Å². The maximum atomic E-state index is 11.8. The summed E-state index contributed by atoms with van der Waals surface area (Å²) in [5.74, 6) is -0.207. The van der Waals surface area contributed by atoms with Crippen LogP contribution in [0.1, 0.15) is 23.0 Å². The molecular formula is C16H16N4O. The number of amides is 1. The minimum Gasteiger partial charge on any atom is -0.351 e. The van der Waals surface area contributed by atoms with E-state index in [1.54, 1.807) is 24.4 Å². The van der Waals surface area contributed by atoms with Gasteiger partial charge in [-0.3, -0.25) is 9.78 Å². The van der Waals surface area contributed by atoms with E-state index in [-0.39, 0.29) is 5.91 Å². The lowest BCUT2D eigenvalue weighted by atomic mass is 10.1. The molecule has 0 saturated carbocycles. The molecular weight excluding hydrogens is 264 g/mol. The Morgan fingerprint density at radius 2 is 2.14 bits per heavy atom. The van der Waals surface area contributed by atoms with Crippen molar-refractivity contribution in [2.75, 3.05) is 18.5 Å². The van der Waals surface area contributed by atoms with E-state index in [9.17, 15) is 10.1 Å². The van der Waals surface area contributed by atoms with Gasteiger partial charge in [-0.1, -0.05) is 12.1 Å². The number of para-hydroxylation sites is 1. The van der Waals surface area contributed by atoms with Crippen LogP contribution >= 0.6 is 0 Å². The number of hydrogen-bond acceptors (Lipinski definition) is 4. The predicted molar refractivity (Wildman–Crippen MR) is 81.5 cm³/mol. The zero-order valence-electron chi connectivity index (χ0n) is 12.0. The lowest BCUT2D eigenvalue weighted by Gasteiger charge is -2.20. The zero-order chi connectivity index (χ0) is 15.2. The molecule has 0 aliphatic rings. The smallest absolute Gasteiger partial charge is 0.269 e. The number of nitrogens with zero attached hydrogens (tertiary/aromatic N) is 3. The molecule has 2 rings (SSSR count). The van der Waals surface area contributed by atoms with E-state index in [4.69, 9.17) is 0 Å². The summed E-state index contributed by atoms with van der Waals surface area (Å²) in [7, 11) is 1.85. The fourth-order valence-corrected chi connectivity index (χ4v) is 2.00. The number of benzene rings is 1. The van der Waals surface area contributed by atoms with Gasteiger partial charge in [0, 0.05) is 25.5 Å². The molecule has 0 saturated heterocycles. The fourth-order valence-electron chi connectivity index (χ4n) is 2.00. The average molecular weight is 280 g/mol. The molecule has 21 heavy (non-hydrogen) atoms. The molecule has 0 spiro atoms. The first-order valence-corrected chi connectivity index (χ1v) is 6.64. The summed E-state index contributed by atoms with van der Waals surface area (Å²) in [6, 6.07) is 13.0. The first kappa shape index (κ1) is 14.5. The van der Waals surface area contributed by atoms with Crippen molar-refractivity contribution in [3.05, 3.63) is 53.9 Å². The van der Waals surface area contributed by atoms with Crippen molar-refractivity contribution in [1.29, 1.82) is 5.26 Å². The zero-order valence-corrected chi connectivity index (χ0v) is 12.0. The number of rotatable bonds is 4. The quantitative estimate of drug-likeness (QED) is 0.934. The van der Waals surface area contributed by atoms with Gasteiger partial charge in [-0.15, -0.1) is 0 Å². The van der Waals surface area contributed by atoms with Crippen molar-refractivity contribution in [3.8, 4) is 6.07 Å². The molecule has 2 aromatic rings. The molecule has 106 valence electrons. The Morgan fingerprint density at radius 1 is 1.38 bits per heavy atom. The largest absolute Gasteiger partial charge is 0.351 e. The highest BCUT2D eigenvalue weighted by atomic mass is 16.1. The van der Waals surface area contributed by atoms with Gasteiger partial charge in [-0.2, -0.15) is 5.26 Å². The Hall–Kier alpha value is -2.87. The highest BCUT2D eigenvalue weighted by molar-refractivity contribution is 5.93. The second kappa shape index (κ2) is 6.53. The van der Waals surface area contributed by atoms with E-state index in [0.29, 0.717) is 17.8 Å². The number of aromatic nitrogens is 1. The molecule has 0 atom stereocenters. The van der Waals surface area contributed by atoms with E-state index in [0.717, 1.165) is 11.4 Å². The van der Waals surface area contributed by atoms with E-state index in [1.165, 1.54) is 0 Å². The van der Waals surface area contributed by atoms with Gasteiger partial charge in [0.05, 0.1) is 11.3 Å². The second-order valence-corrected chi connectivity index (χ2v) is 4.45. The van der Waals surface area contributed by atoms with E-state index in [2.05, 4.69) is 16.4 Å². The summed E-state index contributed by atoms with van der Waals surface area (Å²) in [6.45, 7) is 2.41. The minimum atomic E-state index is -0.207. The van der Waals surface area contributed by atoms with Crippen molar-refractivity contribution in [1.82, 2.24) is 10.3 Å². The first-order chi connectivity index (χ1) is 10.2. The Morgan fingerprint density at radius 3 is 2.86 bits per heavy atom. The summed E-state index contributed by atoms with van der Waals surface area (Å²) < 4.78 is 0. The molecule has 1 heterocycles. The molecule has 0 radical (unpaired) electrons. The lowest BCUT2D eigenvalue weighted by Crippen LogP contribution is -2.24. The number of pyridine rings is 1. The maximum absolute atomic E-state index is 11.8. The summed E-state index contributed by atoms with van der Waals surface area (Å²) >= 11 is 0. The molecule has 1 aromatic carbocycles. The van der Waals surface area contributed by atoms with Gasteiger partial charge in [0.1, 0.15) is 11.8 Å². The van der Waals surface area contributed by atoms with Gasteiger partial charge in [0.15, 0.2) is 0 Å². The summed E-state index contributed by atoms with van der Waals surface area (Å²) in [4.78, 5) is 17.8. The maximum Gasteiger partial charge on any atom is 0.269 e. The van der Waals surface area contributed by atoms with Crippen LogP contribution in [0.25, 0.3) is 0 Å². The van der Waals surface area contributed by atoms with Crippen molar-refractivity contribution < 1.29 is 4.79 Å². The molecule has 1 N–H and O–H groups in total. The third kappa shape index (κ3) is 3.18. The van der Waals surface area contributed by atoms with Crippen LogP contribution in [0.2, 0.25) is 0 Å². The molecule has 0 aliphatic carbocycles. The molecule has 0 bridgehead atoms. The van der Waals surface area contributed by atoms with Crippen LogP contribution < -0.4 is 10.2 Å². The molecule has 5 nitrogen and oxygen atoms in total. The van der Waals surface area contributed by atoms with Crippen molar-refractivity contribution in [2.45, 2.75) is 6.92 Å². The molecule has 0 aliphatic heterocycles. The van der Waals surface area contributed by atoms with Crippen LogP contribution in [0.4, 0.5) is 11.4 Å². The van der Waals surface area contributed by atoms with E-state index >= 15 is 0 Å². The summed E-state index contributed by atoms with van der Waals surface area (Å²) in [6.07, 6.45) is 1.59. The molecule has 5 heteroatoms. The number of anilines is 2. The second-order valence-electron chi connectivity index (χ2n) is 4.45. The van der Waals surface area contributed by atoms with Crippen molar-refractivity contribution >= 4 is 17.3 Å². The first-order valence-electron chi connectivity index (χ1n) is 6.64. The number of hydrogen-bond donors (Lipinski definition) is 1. The monoisotopic (exact) mass is 280 g/mol. The standard InChI is InChI=1S/C16H16N4O/c1-3-18-16(21)14-10-13(8-9-19-14)20(2)15-7-5-4-6-12(15)11-17/h4-10H,3H2,1-2H3,(H,18,21). The van der Waals surface area contributed by atoms with Crippen LogP contribution in [-0.2, 0) is 0 Å². The van der Waals surface area contributed by atoms with Crippen LogP contribution in [-0.4, -0.2) is 24.5 Å². The van der Waals surface area contributed by atoms with Crippen molar-refractivity contribution in [3.63, 3.8) is 0 Å². The van der Waals surface area contributed by atoms with Crippen LogP contribution in [0, 0.1) is 11.3 Å². The Bertz CT molecular complexity index is 691. The van der Waals surface area contributed by atoms with E-state index in [1.807, 2.05) is 37.1 Å². The Balaban J connectivity index is 2.36. The Labute approximate surface area is 123 Å².